The summed E-state index contributed by atoms with van der Waals surface area (Å²) in [6.45, 7) is 3.48. The van der Waals surface area contributed by atoms with E-state index in [1.54, 1.807) is 18.2 Å². The molecule has 1 saturated heterocycles. The Bertz CT molecular complexity index is 498. The SMILES string of the molecule is CC1CC(CN)CN1C(=O)CSc1cc(Cl)ccc1Cl. The first-order chi connectivity index (χ1) is 9.51. The van der Waals surface area contributed by atoms with Crippen molar-refractivity contribution in [3.05, 3.63) is 28.2 Å². The van der Waals surface area contributed by atoms with Gasteiger partial charge in [-0.1, -0.05) is 23.2 Å². The molecule has 2 N–H and O–H groups in total. The average molecular weight is 333 g/mol. The third-order valence-electron chi connectivity index (χ3n) is 3.56. The van der Waals surface area contributed by atoms with Crippen molar-refractivity contribution in [1.29, 1.82) is 0 Å². The van der Waals surface area contributed by atoms with Gasteiger partial charge in [0, 0.05) is 22.5 Å². The molecule has 1 heterocycles. The van der Waals surface area contributed by atoms with Crippen molar-refractivity contribution in [2.24, 2.45) is 11.7 Å². The van der Waals surface area contributed by atoms with E-state index in [1.165, 1.54) is 11.8 Å². The minimum atomic E-state index is 0.134. The number of likely N-dealkylation sites (tertiary alicyclic amines) is 1. The molecule has 0 radical (unpaired) electrons. The van der Waals surface area contributed by atoms with Crippen LogP contribution in [0.2, 0.25) is 10.0 Å². The third-order valence-corrected chi connectivity index (χ3v) is 5.28. The number of amides is 1. The molecule has 1 aliphatic heterocycles. The Kier molecular flexibility index (Phi) is 5.61. The van der Waals surface area contributed by atoms with Crippen molar-refractivity contribution < 1.29 is 4.79 Å². The maximum atomic E-state index is 12.3. The van der Waals surface area contributed by atoms with Gasteiger partial charge in [-0.3, -0.25) is 4.79 Å². The van der Waals surface area contributed by atoms with Gasteiger partial charge in [-0.25, -0.2) is 0 Å². The van der Waals surface area contributed by atoms with Gasteiger partial charge in [0.15, 0.2) is 0 Å². The molecular formula is C14H18Cl2N2OS. The summed E-state index contributed by atoms with van der Waals surface area (Å²) >= 11 is 13.5. The molecule has 6 heteroatoms. The highest BCUT2D eigenvalue weighted by Crippen LogP contribution is 2.31. The molecule has 1 fully saturated rings. The van der Waals surface area contributed by atoms with Crippen molar-refractivity contribution in [1.82, 2.24) is 4.90 Å². The number of hydrogen-bond acceptors (Lipinski definition) is 3. The Labute approximate surface area is 133 Å². The van der Waals surface area contributed by atoms with Crippen molar-refractivity contribution in [2.45, 2.75) is 24.3 Å². The Hall–Kier alpha value is -0.420. The quantitative estimate of drug-likeness (QED) is 0.860. The first-order valence-corrected chi connectivity index (χ1v) is 8.32. The summed E-state index contributed by atoms with van der Waals surface area (Å²) in [5.41, 5.74) is 5.68. The molecule has 0 saturated carbocycles. The smallest absolute Gasteiger partial charge is 0.233 e. The van der Waals surface area contributed by atoms with E-state index in [-0.39, 0.29) is 11.9 Å². The molecule has 2 atom stereocenters. The Morgan fingerprint density at radius 2 is 2.25 bits per heavy atom. The molecular weight excluding hydrogens is 315 g/mol. The minimum Gasteiger partial charge on any atom is -0.339 e. The third kappa shape index (κ3) is 3.82. The molecule has 0 bridgehead atoms. The molecule has 0 aliphatic carbocycles. The van der Waals surface area contributed by atoms with Crippen LogP contribution in [0, 0.1) is 5.92 Å². The number of hydrogen-bond donors (Lipinski definition) is 1. The second kappa shape index (κ2) is 7.03. The summed E-state index contributed by atoms with van der Waals surface area (Å²) in [6.07, 6.45) is 0.991. The monoisotopic (exact) mass is 332 g/mol. The van der Waals surface area contributed by atoms with Gasteiger partial charge in [-0.05, 0) is 44.0 Å². The molecule has 20 heavy (non-hydrogen) atoms. The van der Waals surface area contributed by atoms with E-state index >= 15 is 0 Å². The predicted molar refractivity (Wildman–Crippen MR) is 85.5 cm³/mol. The lowest BCUT2D eigenvalue weighted by molar-refractivity contribution is -0.128. The lowest BCUT2D eigenvalue weighted by Crippen LogP contribution is -2.35. The molecule has 2 rings (SSSR count). The highest BCUT2D eigenvalue weighted by molar-refractivity contribution is 8.00. The van der Waals surface area contributed by atoms with E-state index in [0.717, 1.165) is 17.9 Å². The summed E-state index contributed by atoms with van der Waals surface area (Å²) in [4.78, 5) is 15.0. The first kappa shape index (κ1) is 16.0. The van der Waals surface area contributed by atoms with Crippen LogP contribution < -0.4 is 5.73 Å². The summed E-state index contributed by atoms with van der Waals surface area (Å²) < 4.78 is 0. The summed E-state index contributed by atoms with van der Waals surface area (Å²) in [5, 5.41) is 1.25. The van der Waals surface area contributed by atoms with Crippen molar-refractivity contribution in [3.8, 4) is 0 Å². The second-order valence-electron chi connectivity index (χ2n) is 5.10. The molecule has 0 spiro atoms. The van der Waals surface area contributed by atoms with Gasteiger partial charge in [-0.2, -0.15) is 0 Å². The van der Waals surface area contributed by atoms with Crippen molar-refractivity contribution >= 4 is 40.9 Å². The van der Waals surface area contributed by atoms with Gasteiger partial charge in [0.25, 0.3) is 0 Å². The van der Waals surface area contributed by atoms with Crippen molar-refractivity contribution in [3.63, 3.8) is 0 Å². The fraction of sp³-hybridized carbons (Fsp3) is 0.500. The lowest BCUT2D eigenvalue weighted by atomic mass is 10.1. The zero-order chi connectivity index (χ0) is 14.7. The molecule has 1 aromatic rings. The minimum absolute atomic E-state index is 0.134. The maximum Gasteiger partial charge on any atom is 0.233 e. The van der Waals surface area contributed by atoms with E-state index < -0.39 is 0 Å². The normalized spacial score (nSPS) is 22.3. The number of carbonyl (C=O) groups excluding carboxylic acids is 1. The fourth-order valence-corrected chi connectivity index (χ4v) is 3.85. The van der Waals surface area contributed by atoms with E-state index in [2.05, 4.69) is 6.92 Å². The Balaban J connectivity index is 1.94. The maximum absolute atomic E-state index is 12.3. The second-order valence-corrected chi connectivity index (χ2v) is 6.96. The van der Waals surface area contributed by atoms with Crippen LogP contribution in [0.1, 0.15) is 13.3 Å². The Morgan fingerprint density at radius 1 is 1.50 bits per heavy atom. The Morgan fingerprint density at radius 3 is 2.90 bits per heavy atom. The van der Waals surface area contributed by atoms with Gasteiger partial charge in [0.2, 0.25) is 5.91 Å². The van der Waals surface area contributed by atoms with Gasteiger partial charge in [0.1, 0.15) is 0 Å². The van der Waals surface area contributed by atoms with E-state index in [9.17, 15) is 4.79 Å². The topological polar surface area (TPSA) is 46.3 Å². The lowest BCUT2D eigenvalue weighted by Gasteiger charge is -2.21. The summed E-state index contributed by atoms with van der Waals surface area (Å²) in [7, 11) is 0. The standard InChI is InChI=1S/C14H18Cl2N2OS/c1-9-4-10(6-17)7-18(9)14(19)8-20-13-5-11(15)2-3-12(13)16/h2-3,5,9-10H,4,6-8,17H2,1H3. The van der Waals surface area contributed by atoms with Gasteiger partial charge in [0.05, 0.1) is 10.8 Å². The molecule has 3 nitrogen and oxygen atoms in total. The highest BCUT2D eigenvalue weighted by Gasteiger charge is 2.31. The van der Waals surface area contributed by atoms with Crippen LogP contribution in [0.3, 0.4) is 0 Å². The van der Waals surface area contributed by atoms with E-state index in [0.29, 0.717) is 28.3 Å². The van der Waals surface area contributed by atoms with Crippen LogP contribution in [-0.4, -0.2) is 35.7 Å². The molecule has 0 aromatic heterocycles. The average Bonchev–Trinajstić information content (AvgIpc) is 2.81. The van der Waals surface area contributed by atoms with Crippen LogP contribution in [0.25, 0.3) is 0 Å². The number of nitrogens with zero attached hydrogens (tertiary/aromatic N) is 1. The fourth-order valence-electron chi connectivity index (χ4n) is 2.47. The van der Waals surface area contributed by atoms with Crippen molar-refractivity contribution in [2.75, 3.05) is 18.8 Å². The zero-order valence-corrected chi connectivity index (χ0v) is 13.6. The van der Waals surface area contributed by atoms with Crippen LogP contribution in [-0.2, 0) is 4.79 Å². The van der Waals surface area contributed by atoms with Crippen LogP contribution in [0.15, 0.2) is 23.1 Å². The molecule has 2 unspecified atom stereocenters. The first-order valence-electron chi connectivity index (χ1n) is 6.58. The van der Waals surface area contributed by atoms with Crippen LogP contribution in [0.5, 0.6) is 0 Å². The summed E-state index contributed by atoms with van der Waals surface area (Å²) in [6, 6.07) is 5.55. The van der Waals surface area contributed by atoms with Gasteiger partial charge >= 0.3 is 0 Å². The van der Waals surface area contributed by atoms with E-state index in [1.807, 2.05) is 4.90 Å². The number of nitrogens with two attached hydrogens (primary N) is 1. The van der Waals surface area contributed by atoms with Gasteiger partial charge < -0.3 is 10.6 Å². The number of benzene rings is 1. The van der Waals surface area contributed by atoms with E-state index in [4.69, 9.17) is 28.9 Å². The van der Waals surface area contributed by atoms with Crippen LogP contribution >= 0.6 is 35.0 Å². The zero-order valence-electron chi connectivity index (χ0n) is 11.3. The number of carbonyl (C=O) groups is 1. The largest absolute Gasteiger partial charge is 0.339 e. The molecule has 1 amide bonds. The van der Waals surface area contributed by atoms with Crippen LogP contribution in [0.4, 0.5) is 0 Å². The summed E-state index contributed by atoms with van der Waals surface area (Å²) in [5.74, 6) is 0.935. The number of rotatable bonds is 4. The molecule has 1 aliphatic rings. The number of halogens is 2. The predicted octanol–water partition coefficient (Wildman–Crippen LogP) is 3.28. The highest BCUT2D eigenvalue weighted by atomic mass is 35.5. The number of thioether (sulfide) groups is 1. The molecule has 1 aromatic carbocycles. The van der Waals surface area contributed by atoms with Gasteiger partial charge in [-0.15, -0.1) is 11.8 Å². The molecule has 110 valence electrons.